The molecule has 0 saturated heterocycles. The molecule has 0 aliphatic heterocycles. The van der Waals surface area contributed by atoms with Gasteiger partial charge in [-0.3, -0.25) is 4.79 Å². The Morgan fingerprint density at radius 3 is 2.27 bits per heavy atom. The van der Waals surface area contributed by atoms with E-state index in [1.54, 1.807) is 0 Å². The first-order chi connectivity index (χ1) is 7.27. The van der Waals surface area contributed by atoms with Crippen molar-refractivity contribution in [2.24, 2.45) is 0 Å². The summed E-state index contributed by atoms with van der Waals surface area (Å²) in [7, 11) is 0. The van der Waals surface area contributed by atoms with Crippen LogP contribution in [-0.2, 0) is 4.79 Å². The zero-order valence-corrected chi connectivity index (χ0v) is 9.72. The topological polar surface area (TPSA) is 37.3 Å². The van der Waals surface area contributed by atoms with Gasteiger partial charge in [-0.2, -0.15) is 0 Å². The van der Waals surface area contributed by atoms with Crippen molar-refractivity contribution in [3.05, 3.63) is 0 Å². The minimum Gasteiger partial charge on any atom is -0.481 e. The molecule has 0 aliphatic carbocycles. The van der Waals surface area contributed by atoms with Gasteiger partial charge in [0.05, 0.1) is 6.42 Å². The molecule has 2 heteroatoms. The Balaban J connectivity index is 3.12. The highest BCUT2D eigenvalue weighted by Crippen LogP contribution is 2.06. The molecule has 1 N–H and O–H groups in total. The van der Waals surface area contributed by atoms with Crippen LogP contribution in [-0.4, -0.2) is 11.1 Å². The number of carbonyl (C=O) groups is 1. The van der Waals surface area contributed by atoms with Gasteiger partial charge in [0.15, 0.2) is 0 Å². The largest absolute Gasteiger partial charge is 0.481 e. The van der Waals surface area contributed by atoms with E-state index in [4.69, 9.17) is 5.11 Å². The number of unbranched alkanes of at least 4 members (excludes halogenated alkanes) is 6. The van der Waals surface area contributed by atoms with E-state index in [1.165, 1.54) is 32.1 Å². The van der Waals surface area contributed by atoms with Crippen molar-refractivity contribution in [2.75, 3.05) is 0 Å². The second kappa shape index (κ2) is 11.1. The lowest BCUT2D eigenvalue weighted by molar-refractivity contribution is -0.136. The van der Waals surface area contributed by atoms with E-state index in [9.17, 15) is 4.79 Å². The van der Waals surface area contributed by atoms with Crippen molar-refractivity contribution in [2.45, 2.75) is 64.7 Å². The van der Waals surface area contributed by atoms with Gasteiger partial charge in [-0.25, -0.2) is 0 Å². The molecule has 0 saturated carbocycles. The smallest absolute Gasteiger partial charge is 0.304 e. The molecule has 2 nitrogen and oxygen atoms in total. The van der Waals surface area contributed by atoms with Crippen molar-refractivity contribution in [3.63, 3.8) is 0 Å². The van der Waals surface area contributed by atoms with Gasteiger partial charge in [-0.05, 0) is 6.42 Å². The number of aliphatic carboxylic acids is 1. The molecule has 15 heavy (non-hydrogen) atoms. The molecule has 0 aliphatic rings. The average Bonchev–Trinajstić information content (AvgIpc) is 2.20. The highest BCUT2D eigenvalue weighted by atomic mass is 16.4. The average molecular weight is 210 g/mol. The quantitative estimate of drug-likeness (QED) is 0.491. The van der Waals surface area contributed by atoms with E-state index in [2.05, 4.69) is 18.8 Å². The maximum Gasteiger partial charge on any atom is 0.304 e. The van der Waals surface area contributed by atoms with Crippen LogP contribution in [0.25, 0.3) is 0 Å². The van der Waals surface area contributed by atoms with E-state index in [0.717, 1.165) is 12.8 Å². The monoisotopic (exact) mass is 210 g/mol. The fourth-order valence-electron chi connectivity index (χ4n) is 1.34. The molecule has 0 aromatic carbocycles. The van der Waals surface area contributed by atoms with E-state index >= 15 is 0 Å². The van der Waals surface area contributed by atoms with Crippen molar-refractivity contribution in [1.82, 2.24) is 0 Å². The van der Waals surface area contributed by atoms with E-state index in [1.807, 2.05) is 0 Å². The molecule has 0 amide bonds. The van der Waals surface area contributed by atoms with Gasteiger partial charge >= 0.3 is 5.97 Å². The van der Waals surface area contributed by atoms with Crippen LogP contribution in [0.2, 0.25) is 0 Å². The normalized spacial score (nSPS) is 9.40. The zero-order valence-electron chi connectivity index (χ0n) is 9.72. The number of carboxylic acid groups (broad SMARTS) is 1. The molecule has 0 fully saturated rings. The zero-order chi connectivity index (χ0) is 11.4. The summed E-state index contributed by atoms with van der Waals surface area (Å²) in [6.07, 6.45) is 9.27. The maximum atomic E-state index is 10.2. The maximum absolute atomic E-state index is 10.2. The first kappa shape index (κ1) is 14.0. The number of hydrogen-bond acceptors (Lipinski definition) is 1. The fraction of sp³-hybridized carbons (Fsp3) is 0.769. The first-order valence-electron chi connectivity index (χ1n) is 5.95. The SMILES string of the molecule is CCCCCCCCC#CCCC(=O)O. The Labute approximate surface area is 93.1 Å². The van der Waals surface area contributed by atoms with Crippen LogP contribution in [0.1, 0.15) is 64.7 Å². The summed E-state index contributed by atoms with van der Waals surface area (Å²) in [5.74, 6) is 5.15. The molecule has 0 rings (SSSR count). The van der Waals surface area contributed by atoms with Gasteiger partial charge in [0.1, 0.15) is 0 Å². The minimum atomic E-state index is -0.760. The van der Waals surface area contributed by atoms with Crippen molar-refractivity contribution < 1.29 is 9.90 Å². The fourth-order valence-corrected chi connectivity index (χ4v) is 1.34. The lowest BCUT2D eigenvalue weighted by Gasteiger charge is -1.96. The third kappa shape index (κ3) is 13.0. The summed E-state index contributed by atoms with van der Waals surface area (Å²) < 4.78 is 0. The highest BCUT2D eigenvalue weighted by Gasteiger charge is 1.91. The van der Waals surface area contributed by atoms with Crippen molar-refractivity contribution >= 4 is 5.97 Å². The van der Waals surface area contributed by atoms with Crippen LogP contribution in [0.15, 0.2) is 0 Å². The molecule has 0 bridgehead atoms. The Morgan fingerprint density at radius 1 is 1.00 bits per heavy atom. The lowest BCUT2D eigenvalue weighted by atomic mass is 10.1. The first-order valence-corrected chi connectivity index (χ1v) is 5.95. The molecule has 0 atom stereocenters. The minimum absolute atomic E-state index is 0.170. The predicted molar refractivity (Wildman–Crippen MR) is 62.6 cm³/mol. The van der Waals surface area contributed by atoms with Gasteiger partial charge in [0, 0.05) is 12.8 Å². The summed E-state index contributed by atoms with van der Waals surface area (Å²) in [6, 6.07) is 0. The number of carboxylic acids is 1. The molecule has 0 radical (unpaired) electrons. The van der Waals surface area contributed by atoms with Gasteiger partial charge in [0.25, 0.3) is 0 Å². The molecule has 86 valence electrons. The molecule has 0 aromatic rings. The summed E-state index contributed by atoms with van der Waals surface area (Å²) in [5.41, 5.74) is 0. The summed E-state index contributed by atoms with van der Waals surface area (Å²) >= 11 is 0. The van der Waals surface area contributed by atoms with Crippen LogP contribution in [0.4, 0.5) is 0 Å². The Hall–Kier alpha value is -0.970. The van der Waals surface area contributed by atoms with Crippen LogP contribution >= 0.6 is 0 Å². The molecule has 0 aromatic heterocycles. The standard InChI is InChI=1S/C13H22O2/c1-2-3-4-5-6-7-8-9-10-11-12-13(14)15/h2-8,11-12H2,1H3,(H,14,15). The predicted octanol–water partition coefficient (Wildman–Crippen LogP) is 3.61. The van der Waals surface area contributed by atoms with Crippen molar-refractivity contribution in [1.29, 1.82) is 0 Å². The van der Waals surface area contributed by atoms with E-state index in [-0.39, 0.29) is 6.42 Å². The number of hydrogen-bond donors (Lipinski definition) is 1. The lowest BCUT2D eigenvalue weighted by Crippen LogP contribution is -1.91. The molecule has 0 unspecified atom stereocenters. The van der Waals surface area contributed by atoms with Crippen LogP contribution in [0, 0.1) is 11.8 Å². The Bertz CT molecular complexity index is 210. The van der Waals surface area contributed by atoms with Crippen LogP contribution in [0.5, 0.6) is 0 Å². The number of rotatable bonds is 8. The molecular formula is C13H22O2. The Kier molecular flexibility index (Phi) is 10.4. The second-order valence-corrected chi connectivity index (χ2v) is 3.77. The van der Waals surface area contributed by atoms with Crippen molar-refractivity contribution in [3.8, 4) is 11.8 Å². The Morgan fingerprint density at radius 2 is 1.60 bits per heavy atom. The van der Waals surface area contributed by atoms with Gasteiger partial charge in [-0.15, -0.1) is 11.8 Å². The van der Waals surface area contributed by atoms with Gasteiger partial charge < -0.3 is 5.11 Å². The van der Waals surface area contributed by atoms with E-state index in [0.29, 0.717) is 6.42 Å². The summed E-state index contributed by atoms with van der Waals surface area (Å²) in [4.78, 5) is 10.2. The van der Waals surface area contributed by atoms with Crippen LogP contribution in [0.3, 0.4) is 0 Å². The third-order valence-corrected chi connectivity index (χ3v) is 2.24. The third-order valence-electron chi connectivity index (χ3n) is 2.24. The van der Waals surface area contributed by atoms with Crippen LogP contribution < -0.4 is 0 Å². The highest BCUT2D eigenvalue weighted by molar-refractivity contribution is 5.66. The van der Waals surface area contributed by atoms with E-state index < -0.39 is 5.97 Å². The molecule has 0 heterocycles. The molecule has 0 spiro atoms. The van der Waals surface area contributed by atoms with Gasteiger partial charge in [0.2, 0.25) is 0 Å². The second-order valence-electron chi connectivity index (χ2n) is 3.77. The van der Waals surface area contributed by atoms with Gasteiger partial charge in [-0.1, -0.05) is 39.0 Å². The molecular weight excluding hydrogens is 188 g/mol. The summed E-state index contributed by atoms with van der Waals surface area (Å²) in [6.45, 7) is 2.22. The summed E-state index contributed by atoms with van der Waals surface area (Å²) in [5, 5.41) is 8.37.